The molecule has 1 aromatic rings. The van der Waals surface area contributed by atoms with Gasteiger partial charge in [-0.2, -0.15) is 4.98 Å². The molecule has 0 aliphatic heterocycles. The summed E-state index contributed by atoms with van der Waals surface area (Å²) in [6.45, 7) is 4.78. The topological polar surface area (TPSA) is 73.1 Å². The highest BCUT2D eigenvalue weighted by molar-refractivity contribution is 5.66. The molecule has 0 aromatic carbocycles. The second-order valence-corrected chi connectivity index (χ2v) is 4.98. The summed E-state index contributed by atoms with van der Waals surface area (Å²) in [5.41, 5.74) is 6.51. The Balaban J connectivity index is 2.02. The lowest BCUT2D eigenvalue weighted by atomic mass is 9.87. The Morgan fingerprint density at radius 1 is 1.33 bits per heavy atom. The maximum atomic E-state index is 6.00. The van der Waals surface area contributed by atoms with Crippen LogP contribution in [-0.2, 0) is 0 Å². The van der Waals surface area contributed by atoms with Crippen molar-refractivity contribution in [1.82, 2.24) is 9.97 Å². The zero-order valence-corrected chi connectivity index (χ0v) is 11.1. The highest BCUT2D eigenvalue weighted by atomic mass is 16.5. The number of aromatic nitrogens is 2. The van der Waals surface area contributed by atoms with E-state index in [1.165, 1.54) is 32.0 Å². The van der Waals surface area contributed by atoms with E-state index in [4.69, 9.17) is 10.5 Å². The summed E-state index contributed by atoms with van der Waals surface area (Å²) < 4.78 is 5.37. The van der Waals surface area contributed by atoms with E-state index < -0.39 is 0 Å². The third-order valence-electron chi connectivity index (χ3n) is 3.49. The van der Waals surface area contributed by atoms with Gasteiger partial charge in [-0.3, -0.25) is 0 Å². The minimum Gasteiger partial charge on any atom is -0.476 e. The smallest absolute Gasteiger partial charge is 0.242 e. The first-order chi connectivity index (χ1) is 8.70. The number of nitrogens with one attached hydrogen (secondary N) is 1. The van der Waals surface area contributed by atoms with Crippen molar-refractivity contribution < 1.29 is 4.74 Å². The molecule has 100 valence electrons. The molecule has 0 radical (unpaired) electrons. The molecule has 0 atom stereocenters. The number of nitrogen functional groups attached to an aromatic ring is 1. The molecule has 0 unspecified atom stereocenters. The lowest BCUT2D eigenvalue weighted by molar-refractivity contribution is 0.328. The van der Waals surface area contributed by atoms with Crippen LogP contribution in [-0.4, -0.2) is 22.6 Å². The van der Waals surface area contributed by atoms with Gasteiger partial charge < -0.3 is 15.8 Å². The fourth-order valence-electron chi connectivity index (χ4n) is 2.34. The molecule has 1 saturated carbocycles. The van der Waals surface area contributed by atoms with E-state index in [2.05, 4.69) is 22.2 Å². The van der Waals surface area contributed by atoms with Gasteiger partial charge in [-0.05, 0) is 38.5 Å². The summed E-state index contributed by atoms with van der Waals surface area (Å²) in [6.07, 6.45) is 6.38. The number of rotatable bonds is 4. The Hall–Kier alpha value is -1.52. The molecular weight excluding hydrogens is 228 g/mol. The van der Waals surface area contributed by atoms with Gasteiger partial charge in [0.05, 0.1) is 6.61 Å². The van der Waals surface area contributed by atoms with Crippen LogP contribution >= 0.6 is 0 Å². The van der Waals surface area contributed by atoms with Gasteiger partial charge in [0, 0.05) is 6.04 Å². The standard InChI is InChI=1S/C13H22N4O/c1-3-18-13-11(14)12(15-8-16-13)17-10-6-4-9(2)5-7-10/h8-10H,3-7,14H2,1-2H3,(H,15,16,17). The number of ether oxygens (including phenoxy) is 1. The van der Waals surface area contributed by atoms with Crippen molar-refractivity contribution >= 4 is 11.5 Å². The highest BCUT2D eigenvalue weighted by Crippen LogP contribution is 2.29. The molecule has 18 heavy (non-hydrogen) atoms. The molecule has 1 aromatic heterocycles. The number of hydrogen-bond acceptors (Lipinski definition) is 5. The Kier molecular flexibility index (Phi) is 4.23. The second kappa shape index (κ2) is 5.89. The van der Waals surface area contributed by atoms with E-state index in [-0.39, 0.29) is 0 Å². The van der Waals surface area contributed by atoms with E-state index in [9.17, 15) is 0 Å². The van der Waals surface area contributed by atoms with Crippen LogP contribution in [0, 0.1) is 5.92 Å². The van der Waals surface area contributed by atoms with Crippen molar-refractivity contribution in [2.24, 2.45) is 5.92 Å². The SMILES string of the molecule is CCOc1ncnc(NC2CCC(C)CC2)c1N. The average Bonchev–Trinajstić information content (AvgIpc) is 2.37. The summed E-state index contributed by atoms with van der Waals surface area (Å²) in [6, 6.07) is 0.466. The Morgan fingerprint density at radius 2 is 2.06 bits per heavy atom. The van der Waals surface area contributed by atoms with Crippen LogP contribution in [0.4, 0.5) is 11.5 Å². The van der Waals surface area contributed by atoms with Gasteiger partial charge in [-0.25, -0.2) is 4.98 Å². The van der Waals surface area contributed by atoms with Crippen LogP contribution in [0.15, 0.2) is 6.33 Å². The van der Waals surface area contributed by atoms with Gasteiger partial charge >= 0.3 is 0 Å². The molecule has 0 bridgehead atoms. The van der Waals surface area contributed by atoms with Crippen molar-refractivity contribution in [3.05, 3.63) is 6.33 Å². The van der Waals surface area contributed by atoms with Crippen molar-refractivity contribution in [1.29, 1.82) is 0 Å². The van der Waals surface area contributed by atoms with Gasteiger partial charge in [-0.15, -0.1) is 0 Å². The summed E-state index contributed by atoms with van der Waals surface area (Å²) in [5.74, 6) is 2.01. The molecule has 1 aliphatic rings. The largest absolute Gasteiger partial charge is 0.476 e. The molecule has 0 amide bonds. The zero-order valence-electron chi connectivity index (χ0n) is 11.1. The maximum Gasteiger partial charge on any atom is 0.242 e. The number of nitrogens with zero attached hydrogens (tertiary/aromatic N) is 2. The minimum atomic E-state index is 0.466. The van der Waals surface area contributed by atoms with Crippen LogP contribution in [0.3, 0.4) is 0 Å². The van der Waals surface area contributed by atoms with E-state index in [0.29, 0.717) is 30.0 Å². The first kappa shape index (κ1) is 12.9. The van der Waals surface area contributed by atoms with E-state index in [1.54, 1.807) is 0 Å². The van der Waals surface area contributed by atoms with Gasteiger partial charge in [0.2, 0.25) is 5.88 Å². The summed E-state index contributed by atoms with van der Waals surface area (Å²) in [5, 5.41) is 3.41. The molecule has 2 rings (SSSR count). The van der Waals surface area contributed by atoms with Gasteiger partial charge in [0.1, 0.15) is 12.0 Å². The lowest BCUT2D eigenvalue weighted by Gasteiger charge is -2.27. The van der Waals surface area contributed by atoms with Crippen LogP contribution < -0.4 is 15.8 Å². The van der Waals surface area contributed by atoms with Crippen LogP contribution in [0.25, 0.3) is 0 Å². The zero-order chi connectivity index (χ0) is 13.0. The summed E-state index contributed by atoms with van der Waals surface area (Å²) in [4.78, 5) is 8.24. The molecule has 3 N–H and O–H groups in total. The molecule has 0 saturated heterocycles. The van der Waals surface area contributed by atoms with Crippen LogP contribution in [0.2, 0.25) is 0 Å². The average molecular weight is 250 g/mol. The first-order valence-corrected chi connectivity index (χ1v) is 6.70. The molecule has 5 heteroatoms. The summed E-state index contributed by atoms with van der Waals surface area (Å²) >= 11 is 0. The Labute approximate surface area is 108 Å². The first-order valence-electron chi connectivity index (χ1n) is 6.70. The van der Waals surface area contributed by atoms with Crippen molar-refractivity contribution in [2.75, 3.05) is 17.7 Å². The Morgan fingerprint density at radius 3 is 2.72 bits per heavy atom. The molecular formula is C13H22N4O. The number of anilines is 2. The molecule has 1 fully saturated rings. The number of nitrogens with two attached hydrogens (primary N) is 1. The van der Waals surface area contributed by atoms with Gasteiger partial charge in [0.15, 0.2) is 5.82 Å². The molecule has 0 spiro atoms. The normalized spacial score (nSPS) is 23.7. The van der Waals surface area contributed by atoms with Crippen molar-refractivity contribution in [2.45, 2.75) is 45.6 Å². The molecule has 1 aliphatic carbocycles. The molecule has 5 nitrogen and oxygen atoms in total. The molecule has 1 heterocycles. The highest BCUT2D eigenvalue weighted by Gasteiger charge is 2.19. The monoisotopic (exact) mass is 250 g/mol. The maximum absolute atomic E-state index is 6.00. The van der Waals surface area contributed by atoms with Crippen LogP contribution in [0.1, 0.15) is 39.5 Å². The van der Waals surface area contributed by atoms with E-state index in [1.807, 2.05) is 6.92 Å². The van der Waals surface area contributed by atoms with Crippen molar-refractivity contribution in [3.8, 4) is 5.88 Å². The fraction of sp³-hybridized carbons (Fsp3) is 0.692. The third-order valence-corrected chi connectivity index (χ3v) is 3.49. The quantitative estimate of drug-likeness (QED) is 0.858. The Bertz CT molecular complexity index is 389. The van der Waals surface area contributed by atoms with Gasteiger partial charge in [0.25, 0.3) is 0 Å². The predicted molar refractivity (Wildman–Crippen MR) is 72.7 cm³/mol. The lowest BCUT2D eigenvalue weighted by Crippen LogP contribution is -2.26. The third kappa shape index (κ3) is 3.03. The van der Waals surface area contributed by atoms with E-state index >= 15 is 0 Å². The fourth-order valence-corrected chi connectivity index (χ4v) is 2.34. The minimum absolute atomic E-state index is 0.466. The second-order valence-electron chi connectivity index (χ2n) is 4.98. The predicted octanol–water partition coefficient (Wildman–Crippen LogP) is 2.45. The van der Waals surface area contributed by atoms with Crippen LogP contribution in [0.5, 0.6) is 5.88 Å². The van der Waals surface area contributed by atoms with Gasteiger partial charge in [-0.1, -0.05) is 6.92 Å². The van der Waals surface area contributed by atoms with Crippen molar-refractivity contribution in [3.63, 3.8) is 0 Å². The summed E-state index contributed by atoms with van der Waals surface area (Å²) in [7, 11) is 0. The van der Waals surface area contributed by atoms with E-state index in [0.717, 1.165) is 5.92 Å². The number of hydrogen-bond donors (Lipinski definition) is 2.